The molecule has 2 N–H and O–H groups in total. The molecule has 1 aromatic rings. The van der Waals surface area contributed by atoms with E-state index in [9.17, 15) is 4.79 Å². The molecule has 0 spiro atoms. The minimum absolute atomic E-state index is 0. The highest BCUT2D eigenvalue weighted by atomic mass is 127. The number of amides is 1. The molecule has 0 aliphatic carbocycles. The van der Waals surface area contributed by atoms with Gasteiger partial charge in [0.05, 0.1) is 19.8 Å². The molecule has 0 unspecified atom stereocenters. The summed E-state index contributed by atoms with van der Waals surface area (Å²) in [7, 11) is 0. The lowest BCUT2D eigenvalue weighted by Gasteiger charge is -2.26. The summed E-state index contributed by atoms with van der Waals surface area (Å²) < 4.78 is 5.39. The monoisotopic (exact) mass is 515 g/mol. The van der Waals surface area contributed by atoms with Crippen molar-refractivity contribution in [3.63, 3.8) is 0 Å². The summed E-state index contributed by atoms with van der Waals surface area (Å²) in [5.74, 6) is 1.07. The van der Waals surface area contributed by atoms with Gasteiger partial charge in [-0.25, -0.2) is 4.99 Å². The van der Waals surface area contributed by atoms with Gasteiger partial charge in [0.2, 0.25) is 5.91 Å². The molecule has 2 saturated heterocycles. The standard InChI is InChI=1S/C21H33N5O2.HI/c1-2-22-21(23-10-4-11-25-13-15-28-16-14-25)24-17-18-6-8-19(9-7-18)26-12-3-5-20(26)27;/h6-9H,2-5,10-17H2,1H3,(H2,22,23,24);1H. The van der Waals surface area contributed by atoms with Crippen molar-refractivity contribution >= 4 is 41.5 Å². The van der Waals surface area contributed by atoms with Gasteiger partial charge in [0.25, 0.3) is 0 Å². The fourth-order valence-corrected chi connectivity index (χ4v) is 3.55. The zero-order valence-electron chi connectivity index (χ0n) is 17.4. The van der Waals surface area contributed by atoms with E-state index in [1.54, 1.807) is 0 Å². The SMILES string of the molecule is CCNC(=NCc1ccc(N2CCCC2=O)cc1)NCCCN1CCOCC1.I. The number of hydrogen-bond donors (Lipinski definition) is 2. The normalized spacial score (nSPS) is 17.9. The third-order valence-electron chi connectivity index (χ3n) is 5.13. The largest absolute Gasteiger partial charge is 0.379 e. The van der Waals surface area contributed by atoms with E-state index in [2.05, 4.69) is 34.6 Å². The lowest BCUT2D eigenvalue weighted by atomic mass is 10.2. The minimum atomic E-state index is 0. The third kappa shape index (κ3) is 7.75. The van der Waals surface area contributed by atoms with Crippen molar-refractivity contribution in [3.05, 3.63) is 29.8 Å². The zero-order chi connectivity index (χ0) is 19.6. The predicted molar refractivity (Wildman–Crippen MR) is 128 cm³/mol. The highest BCUT2D eigenvalue weighted by Crippen LogP contribution is 2.21. The Labute approximate surface area is 191 Å². The first-order valence-electron chi connectivity index (χ1n) is 10.5. The number of aliphatic imine (C=N–C) groups is 1. The van der Waals surface area contributed by atoms with Gasteiger partial charge in [0.15, 0.2) is 5.96 Å². The molecule has 2 fully saturated rings. The summed E-state index contributed by atoms with van der Waals surface area (Å²) >= 11 is 0. The van der Waals surface area contributed by atoms with Crippen molar-refractivity contribution < 1.29 is 9.53 Å². The van der Waals surface area contributed by atoms with Crippen LogP contribution in [0.2, 0.25) is 0 Å². The molecular weight excluding hydrogens is 481 g/mol. The van der Waals surface area contributed by atoms with Gasteiger partial charge in [-0.1, -0.05) is 12.1 Å². The number of nitrogens with one attached hydrogen (secondary N) is 2. The van der Waals surface area contributed by atoms with Gasteiger partial charge in [-0.3, -0.25) is 9.69 Å². The maximum atomic E-state index is 11.9. The highest BCUT2D eigenvalue weighted by molar-refractivity contribution is 14.0. The Morgan fingerprint density at radius 2 is 1.90 bits per heavy atom. The van der Waals surface area contributed by atoms with Crippen molar-refractivity contribution in [2.45, 2.75) is 32.7 Å². The van der Waals surface area contributed by atoms with E-state index in [0.29, 0.717) is 13.0 Å². The Kier molecular flexibility index (Phi) is 10.7. The van der Waals surface area contributed by atoms with Gasteiger partial charge in [-0.2, -0.15) is 0 Å². The predicted octanol–water partition coefficient (Wildman–Crippen LogP) is 2.21. The van der Waals surface area contributed by atoms with Crippen LogP contribution in [0.4, 0.5) is 5.69 Å². The van der Waals surface area contributed by atoms with Gasteiger partial charge >= 0.3 is 0 Å². The minimum Gasteiger partial charge on any atom is -0.379 e. The summed E-state index contributed by atoms with van der Waals surface area (Å²) in [4.78, 5) is 20.9. The molecule has 2 heterocycles. The Morgan fingerprint density at radius 1 is 1.14 bits per heavy atom. The fraction of sp³-hybridized carbons (Fsp3) is 0.619. The first-order chi connectivity index (χ1) is 13.8. The molecule has 7 nitrogen and oxygen atoms in total. The van der Waals surface area contributed by atoms with Crippen LogP contribution in [0.15, 0.2) is 29.3 Å². The quantitative estimate of drug-likeness (QED) is 0.241. The number of benzene rings is 1. The number of anilines is 1. The Balaban J connectivity index is 0.00000300. The van der Waals surface area contributed by atoms with Crippen molar-refractivity contribution in [2.75, 3.05) is 57.4 Å². The van der Waals surface area contributed by atoms with E-state index in [-0.39, 0.29) is 29.9 Å². The van der Waals surface area contributed by atoms with Crippen LogP contribution in [-0.4, -0.2) is 69.2 Å². The average Bonchev–Trinajstić information content (AvgIpc) is 3.16. The molecule has 162 valence electrons. The van der Waals surface area contributed by atoms with Gasteiger partial charge in [0, 0.05) is 44.8 Å². The van der Waals surface area contributed by atoms with Gasteiger partial charge in [0.1, 0.15) is 0 Å². The van der Waals surface area contributed by atoms with Gasteiger partial charge < -0.3 is 20.3 Å². The maximum Gasteiger partial charge on any atom is 0.227 e. The van der Waals surface area contributed by atoms with Crippen molar-refractivity contribution in [1.82, 2.24) is 15.5 Å². The average molecular weight is 515 g/mol. The Bertz CT molecular complexity index is 647. The summed E-state index contributed by atoms with van der Waals surface area (Å²) in [5.41, 5.74) is 2.13. The van der Waals surface area contributed by atoms with E-state index >= 15 is 0 Å². The molecule has 29 heavy (non-hydrogen) atoms. The molecule has 8 heteroatoms. The number of hydrogen-bond acceptors (Lipinski definition) is 4. The van der Waals surface area contributed by atoms with Crippen LogP contribution in [0.5, 0.6) is 0 Å². The van der Waals surface area contributed by atoms with Crippen LogP contribution >= 0.6 is 24.0 Å². The molecule has 2 aliphatic heterocycles. The molecule has 1 amide bonds. The molecule has 0 radical (unpaired) electrons. The Hall–Kier alpha value is -1.39. The van der Waals surface area contributed by atoms with Crippen LogP contribution in [0.1, 0.15) is 31.7 Å². The first kappa shape index (κ1) is 23.9. The summed E-state index contributed by atoms with van der Waals surface area (Å²) in [6, 6.07) is 8.17. The van der Waals surface area contributed by atoms with Crippen molar-refractivity contribution in [3.8, 4) is 0 Å². The Morgan fingerprint density at radius 3 is 2.55 bits per heavy atom. The number of ether oxygens (including phenoxy) is 1. The van der Waals surface area contributed by atoms with E-state index in [0.717, 1.165) is 82.5 Å². The molecule has 3 rings (SSSR count). The summed E-state index contributed by atoms with van der Waals surface area (Å²) in [6.45, 7) is 10.1. The second-order valence-electron chi connectivity index (χ2n) is 7.24. The molecule has 0 bridgehead atoms. The number of rotatable bonds is 8. The molecule has 0 saturated carbocycles. The first-order valence-corrected chi connectivity index (χ1v) is 10.5. The second-order valence-corrected chi connectivity index (χ2v) is 7.24. The number of guanidine groups is 1. The number of carbonyl (C=O) groups is 1. The van der Waals surface area contributed by atoms with Gasteiger partial charge in [-0.05, 0) is 44.0 Å². The number of morpholine rings is 1. The molecule has 1 aromatic carbocycles. The van der Waals surface area contributed by atoms with Crippen LogP contribution in [0, 0.1) is 0 Å². The van der Waals surface area contributed by atoms with E-state index in [1.807, 2.05) is 17.0 Å². The van der Waals surface area contributed by atoms with Crippen LogP contribution in [0.25, 0.3) is 0 Å². The van der Waals surface area contributed by atoms with Crippen molar-refractivity contribution in [2.24, 2.45) is 4.99 Å². The second kappa shape index (κ2) is 13.0. The summed E-state index contributed by atoms with van der Waals surface area (Å²) in [6.07, 6.45) is 2.70. The van der Waals surface area contributed by atoms with Crippen LogP contribution < -0.4 is 15.5 Å². The van der Waals surface area contributed by atoms with Crippen LogP contribution in [-0.2, 0) is 16.1 Å². The van der Waals surface area contributed by atoms with E-state index in [4.69, 9.17) is 9.73 Å². The number of halogens is 1. The van der Waals surface area contributed by atoms with E-state index in [1.165, 1.54) is 0 Å². The highest BCUT2D eigenvalue weighted by Gasteiger charge is 2.21. The lowest BCUT2D eigenvalue weighted by Crippen LogP contribution is -2.40. The number of nitrogens with zero attached hydrogens (tertiary/aromatic N) is 3. The fourth-order valence-electron chi connectivity index (χ4n) is 3.55. The molecule has 0 atom stereocenters. The summed E-state index contributed by atoms with van der Waals surface area (Å²) in [5, 5.41) is 6.73. The molecule has 0 aromatic heterocycles. The lowest BCUT2D eigenvalue weighted by molar-refractivity contribution is -0.117. The van der Waals surface area contributed by atoms with Crippen LogP contribution in [0.3, 0.4) is 0 Å². The zero-order valence-corrected chi connectivity index (χ0v) is 19.7. The van der Waals surface area contributed by atoms with Crippen molar-refractivity contribution in [1.29, 1.82) is 0 Å². The van der Waals surface area contributed by atoms with Gasteiger partial charge in [-0.15, -0.1) is 24.0 Å². The molecule has 2 aliphatic rings. The number of carbonyl (C=O) groups excluding carboxylic acids is 1. The molecular formula is C21H34IN5O2. The third-order valence-corrected chi connectivity index (χ3v) is 5.13. The van der Waals surface area contributed by atoms with E-state index < -0.39 is 0 Å². The maximum absolute atomic E-state index is 11.9. The smallest absolute Gasteiger partial charge is 0.227 e. The topological polar surface area (TPSA) is 69.2 Å².